The first-order chi connectivity index (χ1) is 9.56. The molecule has 0 atom stereocenters. The molecule has 0 unspecified atom stereocenters. The molecule has 8 heteroatoms. The number of carbonyl (C=O) groups is 1. The number of aryl methyl sites for hydroxylation is 1. The molecule has 0 aliphatic heterocycles. The Hall–Kier alpha value is -1.51. The Kier molecular flexibility index (Phi) is 3.45. The fourth-order valence-electron chi connectivity index (χ4n) is 1.80. The van der Waals surface area contributed by atoms with E-state index in [1.807, 2.05) is 18.2 Å². The summed E-state index contributed by atoms with van der Waals surface area (Å²) in [5.74, 6) is 0.379. The zero-order valence-corrected chi connectivity index (χ0v) is 13.5. The van der Waals surface area contributed by atoms with Crippen molar-refractivity contribution < 1.29 is 4.79 Å². The second-order valence-electron chi connectivity index (χ2n) is 4.06. The molecule has 0 saturated carbocycles. The summed E-state index contributed by atoms with van der Waals surface area (Å²) in [7, 11) is 0. The fraction of sp³-hybridized carbons (Fsp3) is 0.0833. The number of thiophene rings is 1. The number of hydrogen-bond acceptors (Lipinski definition) is 6. The number of aromatic nitrogens is 2. The number of nitrogens with zero attached hydrogens (tertiary/aromatic N) is 2. The van der Waals surface area contributed by atoms with Gasteiger partial charge in [0.25, 0.3) is 5.91 Å². The average Bonchev–Trinajstić information content (AvgIpc) is 2.95. The van der Waals surface area contributed by atoms with Crippen LogP contribution in [0.1, 0.15) is 15.5 Å². The SMILES string of the molecule is Cc1nsc(NC(=O)c2sc3cccc(Br)c3c2N)n1. The maximum absolute atomic E-state index is 12.3. The van der Waals surface area contributed by atoms with E-state index in [9.17, 15) is 4.79 Å². The van der Waals surface area contributed by atoms with Crippen LogP contribution >= 0.6 is 38.8 Å². The van der Waals surface area contributed by atoms with E-state index in [-0.39, 0.29) is 5.91 Å². The van der Waals surface area contributed by atoms with E-state index in [0.717, 1.165) is 26.1 Å². The van der Waals surface area contributed by atoms with Crippen molar-refractivity contribution in [3.8, 4) is 0 Å². The van der Waals surface area contributed by atoms with Crippen LogP contribution in [0.15, 0.2) is 22.7 Å². The molecule has 0 radical (unpaired) electrons. The van der Waals surface area contributed by atoms with E-state index in [2.05, 4.69) is 30.6 Å². The van der Waals surface area contributed by atoms with Crippen molar-refractivity contribution >= 4 is 65.6 Å². The highest BCUT2D eigenvalue weighted by atomic mass is 79.9. The van der Waals surface area contributed by atoms with Crippen LogP contribution in [-0.4, -0.2) is 15.3 Å². The predicted octanol–water partition coefficient (Wildman–Crippen LogP) is 3.66. The Labute approximate surface area is 131 Å². The van der Waals surface area contributed by atoms with Crippen LogP contribution in [0.3, 0.4) is 0 Å². The maximum Gasteiger partial charge on any atom is 0.269 e. The Balaban J connectivity index is 1.99. The van der Waals surface area contributed by atoms with Crippen LogP contribution in [0.25, 0.3) is 10.1 Å². The number of amides is 1. The van der Waals surface area contributed by atoms with E-state index in [1.165, 1.54) is 11.3 Å². The highest BCUT2D eigenvalue weighted by molar-refractivity contribution is 9.10. The number of carbonyl (C=O) groups excluding carboxylic acids is 1. The average molecular weight is 369 g/mol. The maximum atomic E-state index is 12.3. The van der Waals surface area contributed by atoms with Gasteiger partial charge >= 0.3 is 0 Å². The van der Waals surface area contributed by atoms with Crippen molar-refractivity contribution in [1.29, 1.82) is 0 Å². The molecular weight excluding hydrogens is 360 g/mol. The number of anilines is 2. The molecule has 5 nitrogen and oxygen atoms in total. The Morgan fingerprint density at radius 2 is 2.25 bits per heavy atom. The molecule has 3 rings (SSSR count). The summed E-state index contributed by atoms with van der Waals surface area (Å²) in [4.78, 5) is 16.9. The molecule has 1 aromatic carbocycles. The van der Waals surface area contributed by atoms with Gasteiger partial charge in [-0.1, -0.05) is 22.0 Å². The van der Waals surface area contributed by atoms with Crippen LogP contribution < -0.4 is 11.1 Å². The van der Waals surface area contributed by atoms with Crippen molar-refractivity contribution in [2.45, 2.75) is 6.92 Å². The third kappa shape index (κ3) is 2.30. The minimum absolute atomic E-state index is 0.258. The van der Waals surface area contributed by atoms with E-state index in [1.54, 1.807) is 6.92 Å². The molecule has 0 aliphatic rings. The molecule has 0 aliphatic carbocycles. The van der Waals surface area contributed by atoms with E-state index in [0.29, 0.717) is 21.5 Å². The second kappa shape index (κ2) is 5.12. The third-order valence-electron chi connectivity index (χ3n) is 2.66. The van der Waals surface area contributed by atoms with E-state index in [4.69, 9.17) is 5.73 Å². The minimum Gasteiger partial charge on any atom is -0.397 e. The van der Waals surface area contributed by atoms with Gasteiger partial charge in [0.15, 0.2) is 0 Å². The van der Waals surface area contributed by atoms with Gasteiger partial charge in [-0.3, -0.25) is 10.1 Å². The molecular formula is C12H9BrN4OS2. The lowest BCUT2D eigenvalue weighted by molar-refractivity contribution is 0.103. The molecule has 2 aromatic heterocycles. The van der Waals surface area contributed by atoms with Gasteiger partial charge in [0.05, 0.1) is 5.69 Å². The van der Waals surface area contributed by atoms with Crippen LogP contribution in [0.4, 0.5) is 10.8 Å². The van der Waals surface area contributed by atoms with Crippen molar-refractivity contribution in [1.82, 2.24) is 9.36 Å². The van der Waals surface area contributed by atoms with Crippen LogP contribution in [0, 0.1) is 6.92 Å². The normalized spacial score (nSPS) is 10.9. The fourth-order valence-corrected chi connectivity index (χ4v) is 4.13. The Bertz CT molecular complexity index is 811. The van der Waals surface area contributed by atoms with E-state index >= 15 is 0 Å². The first kappa shape index (κ1) is 13.5. The monoisotopic (exact) mass is 368 g/mol. The van der Waals surface area contributed by atoms with Crippen LogP contribution in [-0.2, 0) is 0 Å². The number of rotatable bonds is 2. The summed E-state index contributed by atoms with van der Waals surface area (Å²) in [6.45, 7) is 1.77. The molecule has 1 amide bonds. The van der Waals surface area contributed by atoms with Crippen molar-refractivity contribution in [2.75, 3.05) is 11.1 Å². The number of nitrogens with two attached hydrogens (primary N) is 1. The number of nitrogens with one attached hydrogen (secondary N) is 1. The van der Waals surface area contributed by atoms with Gasteiger partial charge in [0.2, 0.25) is 5.13 Å². The lowest BCUT2D eigenvalue weighted by Crippen LogP contribution is -2.11. The summed E-state index contributed by atoms with van der Waals surface area (Å²) in [6, 6.07) is 5.76. The van der Waals surface area contributed by atoms with Crippen molar-refractivity contribution in [3.63, 3.8) is 0 Å². The largest absolute Gasteiger partial charge is 0.397 e. The van der Waals surface area contributed by atoms with Crippen LogP contribution in [0.2, 0.25) is 0 Å². The molecule has 3 N–H and O–H groups in total. The molecule has 2 heterocycles. The third-order valence-corrected chi connectivity index (χ3v) is 5.21. The zero-order chi connectivity index (χ0) is 14.3. The Morgan fingerprint density at radius 3 is 2.90 bits per heavy atom. The Morgan fingerprint density at radius 1 is 1.45 bits per heavy atom. The summed E-state index contributed by atoms with van der Waals surface area (Å²) in [5, 5.41) is 4.07. The second-order valence-corrected chi connectivity index (χ2v) is 6.72. The van der Waals surface area contributed by atoms with Crippen LogP contribution in [0.5, 0.6) is 0 Å². The predicted molar refractivity (Wildman–Crippen MR) is 86.5 cm³/mol. The quantitative estimate of drug-likeness (QED) is 0.722. The molecule has 0 saturated heterocycles. The first-order valence-corrected chi connectivity index (χ1v) is 8.02. The number of halogens is 1. The van der Waals surface area contributed by atoms with E-state index < -0.39 is 0 Å². The highest BCUT2D eigenvalue weighted by Crippen LogP contribution is 2.38. The summed E-state index contributed by atoms with van der Waals surface area (Å²) in [5.41, 5.74) is 6.57. The van der Waals surface area contributed by atoms with Gasteiger partial charge in [0, 0.05) is 26.1 Å². The summed E-state index contributed by atoms with van der Waals surface area (Å²) >= 11 is 5.97. The highest BCUT2D eigenvalue weighted by Gasteiger charge is 2.18. The van der Waals surface area contributed by atoms with Gasteiger partial charge in [0.1, 0.15) is 10.7 Å². The number of fused-ring (bicyclic) bond motifs is 1. The van der Waals surface area contributed by atoms with Gasteiger partial charge in [-0.05, 0) is 19.1 Å². The van der Waals surface area contributed by atoms with Crippen molar-refractivity contribution in [3.05, 3.63) is 33.4 Å². The van der Waals surface area contributed by atoms with Gasteiger partial charge in [-0.2, -0.15) is 4.37 Å². The smallest absolute Gasteiger partial charge is 0.269 e. The van der Waals surface area contributed by atoms with Crippen molar-refractivity contribution in [2.24, 2.45) is 0 Å². The van der Waals surface area contributed by atoms with Gasteiger partial charge in [-0.25, -0.2) is 4.98 Å². The van der Waals surface area contributed by atoms with Gasteiger partial charge < -0.3 is 5.73 Å². The number of nitrogen functional groups attached to an aromatic ring is 1. The molecule has 0 fully saturated rings. The zero-order valence-electron chi connectivity index (χ0n) is 10.3. The summed E-state index contributed by atoms with van der Waals surface area (Å²) in [6.07, 6.45) is 0. The topological polar surface area (TPSA) is 80.9 Å². The first-order valence-electron chi connectivity index (χ1n) is 5.64. The molecule has 0 spiro atoms. The summed E-state index contributed by atoms with van der Waals surface area (Å²) < 4.78 is 5.88. The lowest BCUT2D eigenvalue weighted by atomic mass is 10.2. The molecule has 102 valence electrons. The molecule has 0 bridgehead atoms. The lowest BCUT2D eigenvalue weighted by Gasteiger charge is -2.00. The number of benzene rings is 1. The van der Waals surface area contributed by atoms with Gasteiger partial charge in [-0.15, -0.1) is 11.3 Å². The molecule has 3 aromatic rings. The standard InChI is InChI=1S/C12H9BrN4OS2/c1-5-15-12(20-17-5)16-11(18)10-9(14)8-6(13)3-2-4-7(8)19-10/h2-4H,14H2,1H3,(H,15,16,17,18). The minimum atomic E-state index is -0.258. The molecule has 20 heavy (non-hydrogen) atoms. The number of hydrogen-bond donors (Lipinski definition) is 2.